The van der Waals surface area contributed by atoms with Crippen LogP contribution in [0.25, 0.3) is 10.9 Å². The van der Waals surface area contributed by atoms with Crippen LogP contribution >= 0.6 is 11.8 Å². The smallest absolute Gasteiger partial charge is 0.311 e. The number of fused-ring (bicyclic) bond motifs is 1. The molecule has 1 saturated heterocycles. The Bertz CT molecular complexity index is 1030. The monoisotopic (exact) mass is 462 g/mol. The maximum absolute atomic E-state index is 12.0. The Morgan fingerprint density at radius 1 is 1.42 bits per heavy atom. The van der Waals surface area contributed by atoms with Gasteiger partial charge >= 0.3 is 5.97 Å². The lowest BCUT2D eigenvalue weighted by molar-refractivity contribution is -0.153. The minimum atomic E-state index is -0.922. The van der Waals surface area contributed by atoms with Gasteiger partial charge in [-0.1, -0.05) is 12.1 Å². The number of hydrogen-bond donors (Lipinski definition) is 2. The highest BCUT2D eigenvalue weighted by atomic mass is 32.2. The minimum absolute atomic E-state index is 0.0188. The quantitative estimate of drug-likeness (QED) is 0.643. The van der Waals surface area contributed by atoms with Gasteiger partial charge in [-0.15, -0.1) is 11.8 Å². The van der Waals surface area contributed by atoms with Gasteiger partial charge in [0.1, 0.15) is 11.7 Å². The zero-order valence-corrected chi connectivity index (χ0v) is 20.1. The fraction of sp³-hybridized carbons (Fsp3) is 0.545. The molecule has 1 fully saturated rings. The molecule has 0 radical (unpaired) electrons. The second-order valence-electron chi connectivity index (χ2n) is 9.14. The predicted octanol–water partition coefficient (Wildman–Crippen LogP) is 3.40. The number of nitrogens with zero attached hydrogens (tertiary/aromatic N) is 2. The number of esters is 1. The third kappa shape index (κ3) is 5.15. The topological polar surface area (TPSA) is 86.8 Å². The number of hydrogen-bond acceptors (Lipinski definition) is 6. The van der Waals surface area contributed by atoms with E-state index in [1.807, 2.05) is 31.1 Å². The van der Waals surface area contributed by atoms with Gasteiger partial charge in [-0.3, -0.25) is 9.79 Å². The zero-order valence-electron chi connectivity index (χ0n) is 18.4. The molecule has 2 aromatic rings. The van der Waals surface area contributed by atoms with Crippen molar-refractivity contribution in [2.45, 2.75) is 39.3 Å². The predicted molar refractivity (Wildman–Crippen MR) is 129 cm³/mol. The van der Waals surface area contributed by atoms with E-state index in [4.69, 9.17) is 9.73 Å². The van der Waals surface area contributed by atoms with Crippen molar-refractivity contribution in [3.8, 4) is 0 Å². The standard InChI is InChI=1S/C22H30N4O3S2/c1-22(2,3)21(27)29-12-16-13-30-20(24-16)18-10-14-6-5-7-17(19(14)25-18)23-15-8-9-26(11-15)31(4)28/h5-7,10,15-16,23,25H,8-9,11-13H2,1-4H3. The first-order valence-electron chi connectivity index (χ1n) is 10.6. The van der Waals surface area contributed by atoms with Crippen LogP contribution in [0.3, 0.4) is 0 Å². The van der Waals surface area contributed by atoms with Gasteiger partial charge in [0.2, 0.25) is 0 Å². The van der Waals surface area contributed by atoms with E-state index in [9.17, 15) is 9.00 Å². The number of benzene rings is 1. The Morgan fingerprint density at radius 2 is 2.23 bits per heavy atom. The van der Waals surface area contributed by atoms with Crippen molar-refractivity contribution in [3.05, 3.63) is 30.0 Å². The molecule has 7 nitrogen and oxygen atoms in total. The van der Waals surface area contributed by atoms with E-state index in [2.05, 4.69) is 28.5 Å². The number of anilines is 1. The summed E-state index contributed by atoms with van der Waals surface area (Å²) in [5.74, 6) is 0.610. The van der Waals surface area contributed by atoms with Crippen molar-refractivity contribution in [2.75, 3.05) is 37.0 Å². The molecule has 0 spiro atoms. The Balaban J connectivity index is 1.45. The molecule has 2 aliphatic heterocycles. The number of para-hydroxylation sites is 1. The average molecular weight is 463 g/mol. The molecule has 2 aliphatic rings. The second-order valence-corrected chi connectivity index (χ2v) is 11.5. The maximum Gasteiger partial charge on any atom is 0.311 e. The SMILES string of the molecule is CS(=O)N1CCC(Nc2cccc3cc(C4=NC(COC(=O)C(C)(C)C)CS4)[nH]c23)C1. The van der Waals surface area contributed by atoms with Crippen LogP contribution in [0, 0.1) is 5.41 Å². The minimum Gasteiger partial charge on any atom is -0.463 e. The summed E-state index contributed by atoms with van der Waals surface area (Å²) in [7, 11) is -0.922. The fourth-order valence-corrected chi connectivity index (χ4v) is 5.49. The number of carbonyl (C=O) groups excluding carboxylic acids is 1. The largest absolute Gasteiger partial charge is 0.463 e. The van der Waals surface area contributed by atoms with Crippen LogP contribution in [-0.2, 0) is 20.5 Å². The fourth-order valence-electron chi connectivity index (χ4n) is 3.73. The number of aromatic amines is 1. The van der Waals surface area contributed by atoms with Crippen molar-refractivity contribution in [1.82, 2.24) is 9.29 Å². The number of aliphatic imine (C=N–C) groups is 1. The van der Waals surface area contributed by atoms with Crippen LogP contribution in [0.2, 0.25) is 0 Å². The van der Waals surface area contributed by atoms with Crippen LogP contribution in [0.4, 0.5) is 5.69 Å². The molecule has 4 rings (SSSR count). The lowest BCUT2D eigenvalue weighted by Gasteiger charge is -2.17. The van der Waals surface area contributed by atoms with Gasteiger partial charge in [0, 0.05) is 36.5 Å². The van der Waals surface area contributed by atoms with E-state index in [-0.39, 0.29) is 18.1 Å². The van der Waals surface area contributed by atoms with Crippen LogP contribution in [0.5, 0.6) is 0 Å². The first kappa shape index (κ1) is 22.4. The zero-order chi connectivity index (χ0) is 22.2. The summed E-state index contributed by atoms with van der Waals surface area (Å²) in [4.78, 5) is 20.3. The highest BCUT2D eigenvalue weighted by molar-refractivity contribution is 8.14. The van der Waals surface area contributed by atoms with Crippen molar-refractivity contribution in [2.24, 2.45) is 10.4 Å². The van der Waals surface area contributed by atoms with Crippen molar-refractivity contribution in [3.63, 3.8) is 0 Å². The van der Waals surface area contributed by atoms with E-state index in [0.717, 1.165) is 52.6 Å². The highest BCUT2D eigenvalue weighted by Gasteiger charge is 2.27. The molecule has 0 aliphatic carbocycles. The van der Waals surface area contributed by atoms with E-state index in [1.54, 1.807) is 18.0 Å². The molecule has 168 valence electrons. The molecular weight excluding hydrogens is 432 g/mol. The first-order chi connectivity index (χ1) is 14.7. The van der Waals surface area contributed by atoms with Gasteiger partial charge < -0.3 is 15.0 Å². The summed E-state index contributed by atoms with van der Waals surface area (Å²) in [6.45, 7) is 7.51. The Hall–Kier alpha value is -1.84. The number of thioether (sulfide) groups is 1. The summed E-state index contributed by atoms with van der Waals surface area (Å²) in [6.07, 6.45) is 2.71. The summed E-state index contributed by atoms with van der Waals surface area (Å²) in [6, 6.07) is 8.59. The number of aromatic nitrogens is 1. The summed E-state index contributed by atoms with van der Waals surface area (Å²) >= 11 is 1.69. The Kier molecular flexibility index (Phi) is 6.46. The second kappa shape index (κ2) is 8.96. The van der Waals surface area contributed by atoms with Crippen LogP contribution in [0.1, 0.15) is 32.9 Å². The summed E-state index contributed by atoms with van der Waals surface area (Å²) in [5, 5.41) is 5.69. The first-order valence-corrected chi connectivity index (χ1v) is 13.1. The van der Waals surface area contributed by atoms with Gasteiger partial charge in [-0.25, -0.2) is 8.51 Å². The lowest BCUT2D eigenvalue weighted by atomic mass is 9.97. The average Bonchev–Trinajstić information content (AvgIpc) is 3.44. The third-order valence-electron chi connectivity index (χ3n) is 5.49. The molecule has 9 heteroatoms. The van der Waals surface area contributed by atoms with Gasteiger partial charge in [0.15, 0.2) is 0 Å². The van der Waals surface area contributed by atoms with Crippen molar-refractivity contribution in [1.29, 1.82) is 0 Å². The molecule has 0 saturated carbocycles. The lowest BCUT2D eigenvalue weighted by Crippen LogP contribution is -2.27. The molecular formula is C22H30N4O3S2. The van der Waals surface area contributed by atoms with Gasteiger partial charge in [-0.2, -0.15) is 0 Å². The van der Waals surface area contributed by atoms with Crippen LogP contribution in [-0.4, -0.2) is 68.3 Å². The molecule has 1 aromatic heterocycles. The normalized spacial score (nSPS) is 23.2. The molecule has 31 heavy (non-hydrogen) atoms. The summed E-state index contributed by atoms with van der Waals surface area (Å²) in [5.41, 5.74) is 2.60. The van der Waals surface area contributed by atoms with Gasteiger partial charge in [0.25, 0.3) is 0 Å². The highest BCUT2D eigenvalue weighted by Crippen LogP contribution is 2.30. The maximum atomic E-state index is 12.0. The number of nitrogens with one attached hydrogen (secondary N) is 2. The van der Waals surface area contributed by atoms with Crippen molar-refractivity contribution >= 4 is 50.4 Å². The van der Waals surface area contributed by atoms with Gasteiger partial charge in [-0.05, 0) is 39.3 Å². The third-order valence-corrected chi connectivity index (χ3v) is 7.70. The number of H-pyrrole nitrogens is 1. The number of rotatable bonds is 6. The molecule has 0 amide bonds. The molecule has 3 unspecified atom stereocenters. The van der Waals surface area contributed by atoms with Gasteiger partial charge in [0.05, 0.1) is 39.3 Å². The van der Waals surface area contributed by atoms with E-state index >= 15 is 0 Å². The van der Waals surface area contributed by atoms with Crippen molar-refractivity contribution < 1.29 is 13.7 Å². The summed E-state index contributed by atoms with van der Waals surface area (Å²) < 4.78 is 19.2. The molecule has 3 heterocycles. The van der Waals surface area contributed by atoms with Crippen LogP contribution < -0.4 is 5.32 Å². The van der Waals surface area contributed by atoms with Crippen LogP contribution in [0.15, 0.2) is 29.3 Å². The Labute approximate surface area is 190 Å². The number of carbonyl (C=O) groups is 1. The molecule has 0 bridgehead atoms. The van der Waals surface area contributed by atoms with E-state index in [0.29, 0.717) is 6.61 Å². The van der Waals surface area contributed by atoms with E-state index in [1.165, 1.54) is 0 Å². The molecule has 2 N–H and O–H groups in total. The molecule has 3 atom stereocenters. The van der Waals surface area contributed by atoms with E-state index < -0.39 is 16.4 Å². The number of ether oxygens (including phenoxy) is 1. The Morgan fingerprint density at radius 3 is 2.94 bits per heavy atom. The molecule has 1 aromatic carbocycles.